The second-order valence-corrected chi connectivity index (χ2v) is 5.26. The highest BCUT2D eigenvalue weighted by atomic mass is 19.4. The summed E-state index contributed by atoms with van der Waals surface area (Å²) >= 11 is 0. The van der Waals surface area contributed by atoms with Crippen LogP contribution in [0.5, 0.6) is 0 Å². The Morgan fingerprint density at radius 3 is 2.65 bits per heavy atom. The lowest BCUT2D eigenvalue weighted by atomic mass is 10.2. The molecule has 7 nitrogen and oxygen atoms in total. The molecule has 2 aromatic heterocycles. The number of nitrogens with one attached hydrogen (secondary N) is 1. The molecule has 0 aliphatic heterocycles. The molecule has 3 aromatic rings. The van der Waals surface area contributed by atoms with Crippen LogP contribution in [0.15, 0.2) is 47.1 Å². The number of alkyl halides is 3. The molecule has 0 aliphatic carbocycles. The zero-order valence-electron chi connectivity index (χ0n) is 13.1. The monoisotopic (exact) mass is 363 g/mol. The van der Waals surface area contributed by atoms with Gasteiger partial charge in [0.15, 0.2) is 0 Å². The molecule has 0 bridgehead atoms. The van der Waals surface area contributed by atoms with Crippen LogP contribution in [-0.2, 0) is 12.7 Å². The van der Waals surface area contributed by atoms with Crippen LogP contribution in [-0.4, -0.2) is 21.0 Å². The van der Waals surface area contributed by atoms with Crippen molar-refractivity contribution in [3.63, 3.8) is 0 Å². The smallest absolute Gasteiger partial charge is 0.379 e. The second kappa shape index (κ2) is 6.82. The molecule has 3 N–H and O–H groups in total. The fourth-order valence-corrected chi connectivity index (χ4v) is 2.09. The Morgan fingerprint density at radius 1 is 1.23 bits per heavy atom. The van der Waals surface area contributed by atoms with Gasteiger partial charge in [0, 0.05) is 23.0 Å². The summed E-state index contributed by atoms with van der Waals surface area (Å²) in [6.07, 6.45) is -3.34. The van der Waals surface area contributed by atoms with Crippen molar-refractivity contribution in [2.75, 3.05) is 5.32 Å². The van der Waals surface area contributed by atoms with Crippen LogP contribution in [0.3, 0.4) is 0 Å². The minimum absolute atomic E-state index is 0.196. The van der Waals surface area contributed by atoms with Crippen molar-refractivity contribution < 1.29 is 22.5 Å². The van der Waals surface area contributed by atoms with Gasteiger partial charge in [-0.05, 0) is 30.3 Å². The number of carbonyl (C=O) groups is 1. The molecule has 0 saturated carbocycles. The average Bonchev–Trinajstić information content (AvgIpc) is 3.11. The molecule has 1 amide bonds. The first kappa shape index (κ1) is 17.4. The van der Waals surface area contributed by atoms with Gasteiger partial charge in [-0.25, -0.2) is 0 Å². The quantitative estimate of drug-likeness (QED) is 0.722. The molecule has 3 rings (SSSR count). The standard InChI is InChI=1S/C16H12F3N5O2/c17-16(18,19)15-23-14(24-26-15)10-4-5-12(21-7-10)8-22-11-3-1-2-9(6-11)13(20)25/h1-7,22H,8H2,(H2,20,25). The Hall–Kier alpha value is -3.43. The van der Waals surface area contributed by atoms with Gasteiger partial charge >= 0.3 is 12.1 Å². The van der Waals surface area contributed by atoms with Crippen molar-refractivity contribution in [1.29, 1.82) is 0 Å². The molecular weight excluding hydrogens is 351 g/mol. The molecule has 0 aliphatic rings. The second-order valence-electron chi connectivity index (χ2n) is 5.26. The number of pyridine rings is 1. The minimum Gasteiger partial charge on any atom is -0.379 e. The van der Waals surface area contributed by atoms with E-state index in [1.54, 1.807) is 30.3 Å². The summed E-state index contributed by atoms with van der Waals surface area (Å²) < 4.78 is 41.6. The van der Waals surface area contributed by atoms with E-state index in [9.17, 15) is 18.0 Å². The van der Waals surface area contributed by atoms with Crippen molar-refractivity contribution in [3.05, 3.63) is 59.7 Å². The van der Waals surface area contributed by atoms with Crippen LogP contribution in [0.2, 0.25) is 0 Å². The van der Waals surface area contributed by atoms with Crippen molar-refractivity contribution in [1.82, 2.24) is 15.1 Å². The fraction of sp³-hybridized carbons (Fsp3) is 0.125. The third kappa shape index (κ3) is 3.97. The Morgan fingerprint density at radius 2 is 2.04 bits per heavy atom. The number of nitrogens with two attached hydrogens (primary N) is 1. The van der Waals surface area contributed by atoms with E-state index in [-0.39, 0.29) is 5.82 Å². The number of rotatable bonds is 5. The fourth-order valence-electron chi connectivity index (χ4n) is 2.09. The lowest BCUT2D eigenvalue weighted by Gasteiger charge is -2.07. The van der Waals surface area contributed by atoms with Gasteiger partial charge in [0.1, 0.15) is 0 Å². The van der Waals surface area contributed by atoms with Crippen molar-refractivity contribution in [3.8, 4) is 11.4 Å². The van der Waals surface area contributed by atoms with Crippen LogP contribution in [0, 0.1) is 0 Å². The predicted octanol–water partition coefficient (Wildman–Crippen LogP) is 2.86. The molecule has 0 saturated heterocycles. The molecule has 10 heteroatoms. The van der Waals surface area contributed by atoms with Crippen LogP contribution < -0.4 is 11.1 Å². The molecule has 0 fully saturated rings. The summed E-state index contributed by atoms with van der Waals surface area (Å²) in [5.74, 6) is -2.14. The number of hydrogen-bond donors (Lipinski definition) is 2. The number of aromatic nitrogens is 3. The minimum atomic E-state index is -4.69. The number of carbonyl (C=O) groups excluding carboxylic acids is 1. The van der Waals surface area contributed by atoms with Crippen LogP contribution >= 0.6 is 0 Å². The Labute approximate surface area is 145 Å². The van der Waals surface area contributed by atoms with Gasteiger partial charge in [0.2, 0.25) is 11.7 Å². The van der Waals surface area contributed by atoms with E-state index >= 15 is 0 Å². The van der Waals surface area contributed by atoms with Crippen LogP contribution in [0.25, 0.3) is 11.4 Å². The van der Waals surface area contributed by atoms with Gasteiger partial charge in [0.05, 0.1) is 12.2 Å². The SMILES string of the molecule is NC(=O)c1cccc(NCc2ccc(-c3noc(C(F)(F)F)n3)cn2)c1. The molecule has 2 heterocycles. The van der Waals surface area contributed by atoms with E-state index < -0.39 is 18.0 Å². The first-order chi connectivity index (χ1) is 12.3. The lowest BCUT2D eigenvalue weighted by molar-refractivity contribution is -0.159. The maximum atomic E-state index is 12.5. The van der Waals surface area contributed by atoms with Crippen molar-refractivity contribution in [2.24, 2.45) is 5.73 Å². The third-order valence-corrected chi connectivity index (χ3v) is 3.37. The predicted molar refractivity (Wildman–Crippen MR) is 84.8 cm³/mol. The first-order valence-electron chi connectivity index (χ1n) is 7.33. The van der Waals surface area contributed by atoms with E-state index in [4.69, 9.17) is 5.73 Å². The van der Waals surface area contributed by atoms with E-state index in [2.05, 4.69) is 25.0 Å². The summed E-state index contributed by atoms with van der Waals surface area (Å²) in [4.78, 5) is 18.6. The van der Waals surface area contributed by atoms with Gasteiger partial charge < -0.3 is 15.6 Å². The first-order valence-corrected chi connectivity index (χ1v) is 7.33. The van der Waals surface area contributed by atoms with E-state index in [0.717, 1.165) is 0 Å². The Balaban J connectivity index is 1.67. The van der Waals surface area contributed by atoms with Crippen molar-refractivity contribution >= 4 is 11.6 Å². The zero-order chi connectivity index (χ0) is 18.7. The summed E-state index contributed by atoms with van der Waals surface area (Å²) in [5.41, 5.74) is 7.19. The van der Waals surface area contributed by atoms with Gasteiger partial charge in [-0.3, -0.25) is 9.78 Å². The normalized spacial score (nSPS) is 11.3. The third-order valence-electron chi connectivity index (χ3n) is 3.37. The number of halogens is 3. The summed E-state index contributed by atoms with van der Waals surface area (Å²) in [5, 5.41) is 6.37. The van der Waals surface area contributed by atoms with E-state index in [1.165, 1.54) is 12.3 Å². The van der Waals surface area contributed by atoms with Gasteiger partial charge in [0.25, 0.3) is 0 Å². The average molecular weight is 363 g/mol. The molecular formula is C16H12F3N5O2. The molecule has 0 unspecified atom stereocenters. The van der Waals surface area contributed by atoms with Gasteiger partial charge in [-0.1, -0.05) is 11.2 Å². The maximum Gasteiger partial charge on any atom is 0.471 e. The lowest BCUT2D eigenvalue weighted by Crippen LogP contribution is -2.11. The maximum absolute atomic E-state index is 12.5. The van der Waals surface area contributed by atoms with E-state index in [0.29, 0.717) is 29.1 Å². The molecule has 0 atom stereocenters. The largest absolute Gasteiger partial charge is 0.471 e. The topological polar surface area (TPSA) is 107 Å². The highest BCUT2D eigenvalue weighted by Crippen LogP contribution is 2.29. The van der Waals surface area contributed by atoms with Gasteiger partial charge in [-0.15, -0.1) is 0 Å². The number of hydrogen-bond acceptors (Lipinski definition) is 6. The molecule has 0 spiro atoms. The van der Waals surface area contributed by atoms with Crippen LogP contribution in [0.4, 0.5) is 18.9 Å². The Bertz CT molecular complexity index is 922. The highest BCUT2D eigenvalue weighted by molar-refractivity contribution is 5.93. The summed E-state index contributed by atoms with van der Waals surface area (Å²) in [6, 6.07) is 9.81. The molecule has 26 heavy (non-hydrogen) atoms. The molecule has 1 aromatic carbocycles. The zero-order valence-corrected chi connectivity index (χ0v) is 13.1. The molecule has 0 radical (unpaired) electrons. The number of anilines is 1. The number of benzene rings is 1. The van der Waals surface area contributed by atoms with Crippen LogP contribution in [0.1, 0.15) is 21.9 Å². The molecule has 134 valence electrons. The van der Waals surface area contributed by atoms with E-state index in [1.807, 2.05) is 0 Å². The number of amides is 1. The Kier molecular flexibility index (Phi) is 4.57. The summed E-state index contributed by atoms with van der Waals surface area (Å²) in [6.45, 7) is 0.336. The number of primary amides is 1. The van der Waals surface area contributed by atoms with Crippen molar-refractivity contribution in [2.45, 2.75) is 12.7 Å². The summed E-state index contributed by atoms with van der Waals surface area (Å²) in [7, 11) is 0. The number of nitrogens with zero attached hydrogens (tertiary/aromatic N) is 3. The highest BCUT2D eigenvalue weighted by Gasteiger charge is 2.38. The van der Waals surface area contributed by atoms with Gasteiger partial charge in [-0.2, -0.15) is 18.2 Å².